The molecule has 55 heavy (non-hydrogen) atoms. The van der Waals surface area contributed by atoms with Gasteiger partial charge in [0.15, 0.2) is 0 Å². The van der Waals surface area contributed by atoms with Crippen LogP contribution in [0.15, 0.2) is 60.8 Å². The van der Waals surface area contributed by atoms with E-state index in [1.807, 2.05) is 35.2 Å². The fourth-order valence-electron chi connectivity index (χ4n) is 9.93. The Hall–Kier alpha value is -5.14. The third-order valence-electron chi connectivity index (χ3n) is 12.7. The summed E-state index contributed by atoms with van der Waals surface area (Å²) in [5.74, 6) is -1.58. The first-order valence-electron chi connectivity index (χ1n) is 19.5. The molecule has 3 saturated heterocycles. The van der Waals surface area contributed by atoms with Crippen molar-refractivity contribution >= 4 is 23.0 Å². The first-order chi connectivity index (χ1) is 26.8. The van der Waals surface area contributed by atoms with Gasteiger partial charge in [-0.15, -0.1) is 0 Å². The van der Waals surface area contributed by atoms with E-state index in [1.54, 1.807) is 30.5 Å². The molecule has 3 aliphatic heterocycles. The number of piperidine rings is 1. The Morgan fingerprint density at radius 2 is 1.67 bits per heavy atom. The predicted molar refractivity (Wildman–Crippen MR) is 201 cm³/mol. The summed E-state index contributed by atoms with van der Waals surface area (Å²) < 4.78 is 43.1. The number of halogens is 2. The number of nitrogens with zero attached hydrogens (tertiary/aromatic N) is 3. The van der Waals surface area contributed by atoms with Crippen molar-refractivity contribution in [2.75, 3.05) is 26.9 Å². The molecule has 3 aromatic carbocycles. The molecular formula is C42H43F2N7O4. The third-order valence-corrected chi connectivity index (χ3v) is 12.7. The van der Waals surface area contributed by atoms with Crippen molar-refractivity contribution < 1.29 is 27.8 Å². The standard InChI is InChI=1S/C42H43F2N7O4/c1-54-41(53)50-36(22-12-15-55-16-13-22)40(52)51-27-8-4-26(17-27)37(51)39-47-32-11-7-24(20-34(32)48-39)23-5-9-28-29-10-6-25(19-31(29)42(43,44)30(28)18-23)35-21-46-38(49-35)33-3-2-14-45-33/h5-7,9-11,18-22,26-27,33,36-37,45H,2-4,8,12-17H2,1H3,(H,46,49)(H,47,48)(H,50,53)/t26?,27-,33?,36+,37+/m1/s1. The molecule has 2 amide bonds. The molecule has 2 aliphatic carbocycles. The lowest BCUT2D eigenvalue weighted by atomic mass is 9.89. The van der Waals surface area contributed by atoms with Gasteiger partial charge in [0.1, 0.15) is 17.7 Å². The van der Waals surface area contributed by atoms with Crippen molar-refractivity contribution in [3.05, 3.63) is 83.6 Å². The molecule has 5 atom stereocenters. The zero-order valence-electron chi connectivity index (χ0n) is 30.5. The van der Waals surface area contributed by atoms with Crippen molar-refractivity contribution in [3.63, 3.8) is 0 Å². The molecule has 4 N–H and O–H groups in total. The number of imidazole rings is 2. The summed E-state index contributed by atoms with van der Waals surface area (Å²) in [6.07, 6.45) is 7.31. The van der Waals surface area contributed by atoms with Gasteiger partial charge < -0.3 is 35.0 Å². The van der Waals surface area contributed by atoms with Crippen LogP contribution in [0.5, 0.6) is 0 Å². The van der Waals surface area contributed by atoms with E-state index in [2.05, 4.69) is 25.6 Å². The zero-order valence-corrected chi connectivity index (χ0v) is 30.5. The topological polar surface area (TPSA) is 137 Å². The van der Waals surface area contributed by atoms with E-state index < -0.39 is 18.1 Å². The van der Waals surface area contributed by atoms with Gasteiger partial charge in [0.2, 0.25) is 5.91 Å². The first kappa shape index (κ1) is 34.4. The molecule has 2 unspecified atom stereocenters. The first-order valence-corrected chi connectivity index (χ1v) is 19.5. The van der Waals surface area contributed by atoms with Crippen LogP contribution in [0, 0.1) is 11.8 Å². The SMILES string of the molecule is COC(=O)N[C@H](C(=O)N1[C@@H]2CCC(C2)[C@H]1c1nc2ccc(-c3ccc4c(c3)C(F)(F)c3cc(-c5cnc(C6CCCN6)[nH]5)ccc3-4)cc2[nH]1)C1CCOCC1. The van der Waals surface area contributed by atoms with Crippen molar-refractivity contribution in [1.29, 1.82) is 0 Å². The van der Waals surface area contributed by atoms with Gasteiger partial charge in [0.05, 0.1) is 42.1 Å². The summed E-state index contributed by atoms with van der Waals surface area (Å²) in [4.78, 5) is 45.2. The van der Waals surface area contributed by atoms with Gasteiger partial charge in [-0.25, -0.2) is 14.8 Å². The lowest BCUT2D eigenvalue weighted by Crippen LogP contribution is -2.55. The van der Waals surface area contributed by atoms with Crippen LogP contribution in [0.3, 0.4) is 0 Å². The number of fused-ring (bicyclic) bond motifs is 6. The smallest absolute Gasteiger partial charge is 0.407 e. The lowest BCUT2D eigenvalue weighted by molar-refractivity contribution is -0.140. The molecule has 5 heterocycles. The van der Waals surface area contributed by atoms with Crippen molar-refractivity contribution in [1.82, 2.24) is 35.5 Å². The van der Waals surface area contributed by atoms with E-state index in [0.717, 1.165) is 66.8 Å². The number of hydrogen-bond acceptors (Lipinski definition) is 7. The number of nitrogens with one attached hydrogen (secondary N) is 4. The number of methoxy groups -OCH3 is 1. The summed E-state index contributed by atoms with van der Waals surface area (Å²) >= 11 is 0. The van der Waals surface area contributed by atoms with Gasteiger partial charge in [-0.3, -0.25) is 4.79 Å². The average molecular weight is 748 g/mol. The molecule has 2 aromatic heterocycles. The number of benzene rings is 3. The van der Waals surface area contributed by atoms with Crippen LogP contribution in [0.4, 0.5) is 13.6 Å². The molecule has 10 rings (SSSR count). The summed E-state index contributed by atoms with van der Waals surface area (Å²) in [7, 11) is 1.30. The number of H-pyrrole nitrogens is 2. The molecule has 1 saturated carbocycles. The van der Waals surface area contributed by atoms with Gasteiger partial charge in [0, 0.05) is 35.9 Å². The Morgan fingerprint density at radius 1 is 0.927 bits per heavy atom. The van der Waals surface area contributed by atoms with Crippen molar-refractivity contribution in [2.24, 2.45) is 11.8 Å². The second-order valence-electron chi connectivity index (χ2n) is 15.8. The maximum absolute atomic E-state index is 16.3. The van der Waals surface area contributed by atoms with Crippen LogP contribution >= 0.6 is 0 Å². The number of ether oxygens (including phenoxy) is 2. The number of alkyl carbamates (subject to hydrolysis) is 1. The Labute approximate surface area is 316 Å². The van der Waals surface area contributed by atoms with E-state index in [4.69, 9.17) is 14.5 Å². The average Bonchev–Trinajstić information content (AvgIpc) is 4.08. The third kappa shape index (κ3) is 5.73. The predicted octanol–water partition coefficient (Wildman–Crippen LogP) is 7.37. The molecule has 2 bridgehead atoms. The summed E-state index contributed by atoms with van der Waals surface area (Å²) in [6.45, 7) is 2.03. The molecule has 5 aromatic rings. The largest absolute Gasteiger partial charge is 0.453 e. The lowest BCUT2D eigenvalue weighted by Gasteiger charge is -2.39. The Morgan fingerprint density at radius 3 is 2.44 bits per heavy atom. The number of aromatic amines is 2. The molecule has 11 nitrogen and oxygen atoms in total. The molecular weight excluding hydrogens is 705 g/mol. The van der Waals surface area contributed by atoms with Gasteiger partial charge in [-0.2, -0.15) is 8.78 Å². The van der Waals surface area contributed by atoms with E-state index >= 15 is 8.78 Å². The molecule has 5 aliphatic rings. The minimum atomic E-state index is -3.18. The molecule has 13 heteroatoms. The summed E-state index contributed by atoms with van der Waals surface area (Å²) in [6, 6.07) is 15.6. The second kappa shape index (κ2) is 13.3. The zero-order chi connectivity index (χ0) is 37.4. The Balaban J connectivity index is 0.930. The number of carbonyl (C=O) groups is 2. The minimum Gasteiger partial charge on any atom is -0.453 e. The fourth-order valence-corrected chi connectivity index (χ4v) is 9.93. The Bertz CT molecular complexity index is 2310. The molecule has 4 fully saturated rings. The van der Waals surface area contributed by atoms with Gasteiger partial charge >= 0.3 is 6.09 Å². The number of aromatic nitrogens is 4. The van der Waals surface area contributed by atoms with Crippen LogP contribution in [0.25, 0.3) is 44.5 Å². The van der Waals surface area contributed by atoms with Crippen LogP contribution in [-0.2, 0) is 20.2 Å². The van der Waals surface area contributed by atoms with Crippen LogP contribution in [-0.4, -0.2) is 75.8 Å². The quantitative estimate of drug-likeness (QED) is 0.137. The number of likely N-dealkylation sites (tertiary alicyclic amines) is 1. The summed E-state index contributed by atoms with van der Waals surface area (Å²) in [5.41, 5.74) is 5.41. The summed E-state index contributed by atoms with van der Waals surface area (Å²) in [5, 5.41) is 6.28. The maximum atomic E-state index is 16.3. The number of hydrogen-bond donors (Lipinski definition) is 4. The number of rotatable bonds is 7. The van der Waals surface area contributed by atoms with Crippen LogP contribution < -0.4 is 10.6 Å². The van der Waals surface area contributed by atoms with Gasteiger partial charge in [-0.05, 0) is 110 Å². The maximum Gasteiger partial charge on any atom is 0.407 e. The van der Waals surface area contributed by atoms with Crippen LogP contribution in [0.1, 0.15) is 79.8 Å². The molecule has 284 valence electrons. The normalized spacial score (nSPS) is 24.6. The van der Waals surface area contributed by atoms with E-state index in [9.17, 15) is 9.59 Å². The number of carbonyl (C=O) groups excluding carboxylic acids is 2. The second-order valence-corrected chi connectivity index (χ2v) is 15.8. The highest BCUT2D eigenvalue weighted by Gasteiger charge is 2.52. The van der Waals surface area contributed by atoms with Crippen LogP contribution in [0.2, 0.25) is 0 Å². The minimum absolute atomic E-state index is 0.00763. The highest BCUT2D eigenvalue weighted by Crippen LogP contribution is 2.53. The van der Waals surface area contributed by atoms with Crippen molar-refractivity contribution in [2.45, 2.75) is 75.0 Å². The highest BCUT2D eigenvalue weighted by atomic mass is 19.3. The molecule has 0 radical (unpaired) electrons. The van der Waals surface area contributed by atoms with E-state index in [-0.39, 0.29) is 47.0 Å². The highest BCUT2D eigenvalue weighted by molar-refractivity contribution is 5.88. The van der Waals surface area contributed by atoms with E-state index in [0.29, 0.717) is 54.1 Å². The van der Waals surface area contributed by atoms with Gasteiger partial charge in [0.25, 0.3) is 5.92 Å². The van der Waals surface area contributed by atoms with Gasteiger partial charge in [-0.1, -0.05) is 30.3 Å². The van der Waals surface area contributed by atoms with E-state index in [1.165, 1.54) is 7.11 Å². The number of amides is 2. The Kier molecular flexibility index (Phi) is 8.29. The fraction of sp³-hybridized carbons (Fsp3) is 0.429. The monoisotopic (exact) mass is 747 g/mol. The van der Waals surface area contributed by atoms with Crippen molar-refractivity contribution in [3.8, 4) is 33.5 Å². The number of alkyl halides is 2. The molecule has 0 spiro atoms.